The molecule has 0 bridgehead atoms. The largest absolute Gasteiger partial charge is 0.492 e. The molecular weight excluding hydrogens is 556 g/mol. The van der Waals surface area contributed by atoms with Crippen molar-refractivity contribution in [1.29, 1.82) is 0 Å². The van der Waals surface area contributed by atoms with E-state index < -0.39 is 0 Å². The van der Waals surface area contributed by atoms with E-state index in [0.717, 1.165) is 40.5 Å². The molecule has 6 rings (SSSR count). The van der Waals surface area contributed by atoms with E-state index in [1.165, 1.54) is 6.38 Å². The van der Waals surface area contributed by atoms with Gasteiger partial charge in [-0.1, -0.05) is 38.1 Å². The Hall–Kier alpha value is -3.79. The number of amides is 2. The lowest BCUT2D eigenvalue weighted by molar-refractivity contribution is 0.0965. The van der Waals surface area contributed by atoms with Crippen molar-refractivity contribution in [2.45, 2.75) is 20.3 Å². The fourth-order valence-electron chi connectivity index (χ4n) is 5.21. The first-order valence-corrected chi connectivity index (χ1v) is 15.0. The van der Waals surface area contributed by atoms with Crippen molar-refractivity contribution in [3.8, 4) is 11.5 Å². The number of alkyl halides is 1. The van der Waals surface area contributed by atoms with Gasteiger partial charge >= 0.3 is 6.09 Å². The zero-order valence-corrected chi connectivity index (χ0v) is 25.4. The van der Waals surface area contributed by atoms with E-state index in [4.69, 9.17) is 19.6 Å². The van der Waals surface area contributed by atoms with Gasteiger partial charge < -0.3 is 34.3 Å². The van der Waals surface area contributed by atoms with E-state index in [1.807, 2.05) is 57.3 Å². The molecule has 4 aromatic rings. The minimum absolute atomic E-state index is 0.240. The van der Waals surface area contributed by atoms with Gasteiger partial charge in [0, 0.05) is 62.5 Å². The van der Waals surface area contributed by atoms with Gasteiger partial charge in [-0.3, -0.25) is 4.79 Å². The molecule has 1 saturated heterocycles. The minimum atomic E-state index is -0.371. The number of carbonyl (C=O) groups is 2. The second-order valence-corrected chi connectivity index (χ2v) is 9.73. The Kier molecular flexibility index (Phi) is 10.7. The van der Waals surface area contributed by atoms with Crippen LogP contribution in [0.4, 0.5) is 10.5 Å². The summed E-state index contributed by atoms with van der Waals surface area (Å²) in [5.41, 5.74) is 7.93. The minimum Gasteiger partial charge on any atom is -0.492 e. The van der Waals surface area contributed by atoms with Gasteiger partial charge in [-0.15, -0.1) is 11.6 Å². The number of carbonyl (C=O) groups excluding carboxylic acids is 2. The molecule has 10 heteroatoms. The van der Waals surface area contributed by atoms with E-state index >= 15 is 0 Å². The van der Waals surface area contributed by atoms with Crippen LogP contribution in [0.25, 0.3) is 21.7 Å². The molecular formula is C32H39ClN4O5. The zero-order chi connectivity index (χ0) is 30.2. The van der Waals surface area contributed by atoms with Crippen molar-refractivity contribution in [3.63, 3.8) is 0 Å². The number of furan rings is 1. The smallest absolute Gasteiger partial charge is 0.415 e. The highest BCUT2D eigenvalue weighted by Crippen LogP contribution is 2.41. The number of anilines is 1. The topological polar surface area (TPSA) is 101 Å². The van der Waals surface area contributed by atoms with Crippen molar-refractivity contribution in [3.05, 3.63) is 65.9 Å². The Bertz CT molecular complexity index is 1530. The fraction of sp³-hybridized carbons (Fsp3) is 0.375. The summed E-state index contributed by atoms with van der Waals surface area (Å²) in [6, 6.07) is 16.8. The monoisotopic (exact) mass is 594 g/mol. The summed E-state index contributed by atoms with van der Waals surface area (Å²) in [6.45, 7) is 8.19. The highest BCUT2D eigenvalue weighted by atomic mass is 35.5. The van der Waals surface area contributed by atoms with E-state index in [1.54, 1.807) is 28.0 Å². The molecule has 0 saturated carbocycles. The molecule has 0 spiro atoms. The first-order chi connectivity index (χ1) is 20.5. The number of hydrogen-bond donors (Lipinski definition) is 1. The highest BCUT2D eigenvalue weighted by molar-refractivity contribution is 6.15. The first kappa shape index (κ1) is 31.2. The molecule has 0 atom stereocenters. The second kappa shape index (κ2) is 14.4. The van der Waals surface area contributed by atoms with Crippen molar-refractivity contribution < 1.29 is 23.5 Å². The number of nitrogens with zero attached hydrogens (tertiary/aromatic N) is 3. The summed E-state index contributed by atoms with van der Waals surface area (Å²) in [4.78, 5) is 32.3. The van der Waals surface area contributed by atoms with Crippen LogP contribution in [-0.4, -0.2) is 81.1 Å². The molecule has 224 valence electrons. The third kappa shape index (κ3) is 6.48. The molecule has 1 fully saturated rings. The molecule has 2 aliphatic rings. The maximum absolute atomic E-state index is 13.6. The predicted molar refractivity (Wildman–Crippen MR) is 168 cm³/mol. The van der Waals surface area contributed by atoms with Crippen LogP contribution in [0.1, 0.15) is 30.0 Å². The van der Waals surface area contributed by atoms with Crippen molar-refractivity contribution in [2.75, 3.05) is 64.2 Å². The summed E-state index contributed by atoms with van der Waals surface area (Å²) >= 11 is 4.64. The van der Waals surface area contributed by atoms with Crippen molar-refractivity contribution >= 4 is 51.0 Å². The third-order valence-corrected chi connectivity index (χ3v) is 7.26. The quantitative estimate of drug-likeness (QED) is 0.293. The van der Waals surface area contributed by atoms with Gasteiger partial charge in [0.1, 0.15) is 23.7 Å². The molecule has 0 aliphatic carbocycles. The van der Waals surface area contributed by atoms with Crippen LogP contribution >= 0.6 is 11.6 Å². The Morgan fingerprint density at radius 3 is 2.38 bits per heavy atom. The fourth-order valence-corrected chi connectivity index (χ4v) is 5.21. The number of nitrogens with two attached hydrogens (primary N) is 1. The predicted octanol–water partition coefficient (Wildman–Crippen LogP) is 5.75. The molecule has 3 heterocycles. The molecule has 2 amide bonds. The average molecular weight is 595 g/mol. The van der Waals surface area contributed by atoms with E-state index in [2.05, 4.69) is 16.5 Å². The Morgan fingerprint density at radius 1 is 0.952 bits per heavy atom. The molecule has 9 nitrogen and oxygen atoms in total. The lowest BCUT2D eigenvalue weighted by Crippen LogP contribution is -2.48. The number of ether oxygens (including phenoxy) is 2. The maximum Gasteiger partial charge on any atom is 0.415 e. The van der Waals surface area contributed by atoms with Crippen LogP contribution in [0.2, 0.25) is 0 Å². The third-order valence-electron chi connectivity index (χ3n) is 7.26. The molecule has 3 aromatic carbocycles. The van der Waals surface area contributed by atoms with Gasteiger partial charge in [0.15, 0.2) is 5.76 Å². The van der Waals surface area contributed by atoms with Gasteiger partial charge in [0.05, 0.1) is 5.69 Å². The zero-order valence-electron chi connectivity index (χ0n) is 24.7. The Morgan fingerprint density at radius 2 is 1.67 bits per heavy atom. The normalized spacial score (nSPS) is 14.5. The van der Waals surface area contributed by atoms with Gasteiger partial charge in [0.2, 0.25) is 0 Å². The van der Waals surface area contributed by atoms with Crippen LogP contribution in [0.3, 0.4) is 0 Å². The molecule has 2 aliphatic heterocycles. The summed E-state index contributed by atoms with van der Waals surface area (Å²) in [7, 11) is 2.04. The Labute approximate surface area is 251 Å². The van der Waals surface area contributed by atoms with Crippen LogP contribution in [0.5, 0.6) is 11.5 Å². The van der Waals surface area contributed by atoms with E-state index in [0.29, 0.717) is 56.3 Å². The van der Waals surface area contributed by atoms with E-state index in [-0.39, 0.29) is 17.8 Å². The SMILES string of the molecule is CC.CCl.CN1CCN(C(=O)Oc2cc3c(c4ccccc24)CCN3C(=O)c2cc3cc(OCCN)ccc3o2)CC1. The number of hydrogen-bond acceptors (Lipinski definition) is 7. The lowest BCUT2D eigenvalue weighted by Gasteiger charge is -2.31. The van der Waals surface area contributed by atoms with Crippen LogP contribution in [0, 0.1) is 0 Å². The number of fused-ring (bicyclic) bond motifs is 4. The number of benzene rings is 3. The van der Waals surface area contributed by atoms with Crippen LogP contribution < -0.4 is 20.1 Å². The summed E-state index contributed by atoms with van der Waals surface area (Å²) < 4.78 is 17.5. The molecule has 42 heavy (non-hydrogen) atoms. The average Bonchev–Trinajstić information content (AvgIpc) is 3.66. The number of rotatable bonds is 5. The van der Waals surface area contributed by atoms with Gasteiger partial charge in [-0.25, -0.2) is 4.79 Å². The standard InChI is InChI=1S/C29H30N4O5.C2H6.CH3Cl/c1-31-11-13-32(14-12-31)29(35)38-26-18-24-22(21-4-2-3-5-23(21)26)8-10-33(24)28(34)27-17-19-16-20(36-15-9-30)6-7-25(19)37-27;2*1-2/h2-7,16-18H,8-15,30H2,1H3;1-2H3;1H3. The maximum atomic E-state index is 13.6. The molecule has 1 aromatic heterocycles. The van der Waals surface area contributed by atoms with E-state index in [9.17, 15) is 9.59 Å². The van der Waals surface area contributed by atoms with Gasteiger partial charge in [-0.2, -0.15) is 0 Å². The summed E-state index contributed by atoms with van der Waals surface area (Å²) in [5, 5.41) is 2.62. The summed E-state index contributed by atoms with van der Waals surface area (Å²) in [5.74, 6) is 1.13. The Balaban J connectivity index is 0.000000972. The first-order valence-electron chi connectivity index (χ1n) is 14.3. The molecule has 0 unspecified atom stereocenters. The number of piperazine rings is 1. The number of halogens is 1. The number of likely N-dealkylation sites (N-methyl/N-ethyl adjacent to an activating group) is 1. The second-order valence-electron chi connectivity index (χ2n) is 9.73. The molecule has 2 N–H and O–H groups in total. The van der Waals surface area contributed by atoms with Gasteiger partial charge in [0.25, 0.3) is 5.91 Å². The lowest BCUT2D eigenvalue weighted by atomic mass is 10.0. The van der Waals surface area contributed by atoms with Gasteiger partial charge in [-0.05, 0) is 48.7 Å². The van der Waals surface area contributed by atoms with Crippen LogP contribution in [-0.2, 0) is 6.42 Å². The van der Waals surface area contributed by atoms with Crippen molar-refractivity contribution in [2.24, 2.45) is 5.73 Å². The highest BCUT2D eigenvalue weighted by Gasteiger charge is 2.31. The summed E-state index contributed by atoms with van der Waals surface area (Å²) in [6.07, 6.45) is 1.80. The van der Waals surface area contributed by atoms with Crippen molar-refractivity contribution in [1.82, 2.24) is 9.80 Å². The van der Waals surface area contributed by atoms with Crippen LogP contribution in [0.15, 0.2) is 59.0 Å². The molecule has 0 radical (unpaired) electrons.